The Balaban J connectivity index is 4.11. The Morgan fingerprint density at radius 1 is 1.24 bits per heavy atom. The molecule has 2 N–H and O–H groups in total. The van der Waals surface area contributed by atoms with E-state index in [4.69, 9.17) is 5.73 Å². The Bertz CT molecular complexity index is 242. The van der Waals surface area contributed by atoms with Crippen molar-refractivity contribution in [1.82, 2.24) is 4.90 Å². The fourth-order valence-corrected chi connectivity index (χ4v) is 1.50. The predicted octanol–water partition coefficient (Wildman–Crippen LogP) is 0.915. The number of ether oxygens (including phenoxy) is 1. The molecule has 0 aromatic rings. The van der Waals surface area contributed by atoms with Gasteiger partial charge >= 0.3 is 5.97 Å². The molecule has 5 heteroatoms. The predicted molar refractivity (Wildman–Crippen MR) is 66.4 cm³/mol. The van der Waals surface area contributed by atoms with Gasteiger partial charge in [-0.25, -0.2) is 0 Å². The molecule has 0 spiro atoms. The van der Waals surface area contributed by atoms with Gasteiger partial charge in [-0.1, -0.05) is 6.42 Å². The van der Waals surface area contributed by atoms with Crippen LogP contribution >= 0.6 is 0 Å². The smallest absolute Gasteiger partial charge is 0.325 e. The molecule has 0 aromatic carbocycles. The molecule has 100 valence electrons. The van der Waals surface area contributed by atoms with Gasteiger partial charge in [0.2, 0.25) is 5.91 Å². The minimum atomic E-state index is -0.381. The molecule has 0 aliphatic heterocycles. The number of hydrogen-bond donors (Lipinski definition) is 1. The molecule has 0 aliphatic rings. The SMILES string of the molecule is COC(=O)CN(C(=O)CCCCCN)C(C)C. The van der Waals surface area contributed by atoms with E-state index >= 15 is 0 Å². The lowest BCUT2D eigenvalue weighted by Gasteiger charge is -2.25. The van der Waals surface area contributed by atoms with Gasteiger partial charge in [0.1, 0.15) is 6.54 Å². The Hall–Kier alpha value is -1.10. The summed E-state index contributed by atoms with van der Waals surface area (Å²) in [6.45, 7) is 4.47. The van der Waals surface area contributed by atoms with Crippen LogP contribution in [-0.2, 0) is 14.3 Å². The second kappa shape index (κ2) is 8.98. The molecule has 0 aromatic heterocycles. The molecule has 0 bridgehead atoms. The van der Waals surface area contributed by atoms with Gasteiger partial charge in [0.15, 0.2) is 0 Å². The van der Waals surface area contributed by atoms with Crippen LogP contribution in [0.4, 0.5) is 0 Å². The van der Waals surface area contributed by atoms with E-state index in [0.717, 1.165) is 19.3 Å². The van der Waals surface area contributed by atoms with Crippen molar-refractivity contribution in [2.45, 2.75) is 45.6 Å². The number of methoxy groups -OCH3 is 1. The average Bonchev–Trinajstić information content (AvgIpc) is 2.30. The molecular formula is C12H24N2O3. The van der Waals surface area contributed by atoms with Crippen molar-refractivity contribution in [3.63, 3.8) is 0 Å². The first-order valence-electron chi connectivity index (χ1n) is 6.09. The van der Waals surface area contributed by atoms with E-state index in [2.05, 4.69) is 4.74 Å². The Morgan fingerprint density at radius 3 is 2.35 bits per heavy atom. The van der Waals surface area contributed by atoms with Gasteiger partial charge in [-0.3, -0.25) is 9.59 Å². The molecule has 1 amide bonds. The Kier molecular flexibility index (Phi) is 8.40. The summed E-state index contributed by atoms with van der Waals surface area (Å²) in [6.07, 6.45) is 3.17. The number of carbonyl (C=O) groups excluding carboxylic acids is 2. The topological polar surface area (TPSA) is 72.6 Å². The van der Waals surface area contributed by atoms with Crippen LogP contribution in [0, 0.1) is 0 Å². The number of esters is 1. The highest BCUT2D eigenvalue weighted by Crippen LogP contribution is 2.06. The fourth-order valence-electron chi connectivity index (χ4n) is 1.50. The lowest BCUT2D eigenvalue weighted by Crippen LogP contribution is -2.40. The van der Waals surface area contributed by atoms with Crippen molar-refractivity contribution in [1.29, 1.82) is 0 Å². The summed E-state index contributed by atoms with van der Waals surface area (Å²) >= 11 is 0. The molecule has 0 heterocycles. The van der Waals surface area contributed by atoms with E-state index in [0.29, 0.717) is 13.0 Å². The molecule has 0 saturated carbocycles. The third kappa shape index (κ3) is 6.94. The molecule has 0 fully saturated rings. The van der Waals surface area contributed by atoms with Gasteiger partial charge < -0.3 is 15.4 Å². The van der Waals surface area contributed by atoms with Crippen molar-refractivity contribution in [3.05, 3.63) is 0 Å². The first-order valence-corrected chi connectivity index (χ1v) is 6.09. The minimum absolute atomic E-state index is 0.00224. The third-order valence-electron chi connectivity index (χ3n) is 2.57. The van der Waals surface area contributed by atoms with E-state index in [9.17, 15) is 9.59 Å². The lowest BCUT2D eigenvalue weighted by molar-refractivity contribution is -0.148. The summed E-state index contributed by atoms with van der Waals surface area (Å²) in [5, 5.41) is 0. The zero-order valence-electron chi connectivity index (χ0n) is 11.1. The van der Waals surface area contributed by atoms with E-state index in [1.807, 2.05) is 13.8 Å². The van der Waals surface area contributed by atoms with Crippen LogP contribution < -0.4 is 5.73 Å². The first-order chi connectivity index (χ1) is 8.02. The first kappa shape index (κ1) is 15.9. The molecule has 0 aliphatic carbocycles. The average molecular weight is 244 g/mol. The van der Waals surface area contributed by atoms with E-state index in [1.165, 1.54) is 7.11 Å². The van der Waals surface area contributed by atoms with Crippen molar-refractivity contribution in [3.8, 4) is 0 Å². The van der Waals surface area contributed by atoms with Crippen LogP contribution in [0.2, 0.25) is 0 Å². The number of rotatable bonds is 8. The largest absolute Gasteiger partial charge is 0.468 e. The van der Waals surface area contributed by atoms with E-state index < -0.39 is 0 Å². The highest BCUT2D eigenvalue weighted by atomic mass is 16.5. The van der Waals surface area contributed by atoms with Crippen molar-refractivity contribution in [2.75, 3.05) is 20.2 Å². The number of hydrogen-bond acceptors (Lipinski definition) is 4. The van der Waals surface area contributed by atoms with Crippen LogP contribution in [0.1, 0.15) is 39.5 Å². The second-order valence-corrected chi connectivity index (χ2v) is 4.29. The Labute approximate surface area is 103 Å². The molecule has 0 atom stereocenters. The quantitative estimate of drug-likeness (QED) is 0.509. The number of nitrogens with two attached hydrogens (primary N) is 1. The molecule has 17 heavy (non-hydrogen) atoms. The molecule has 0 rings (SSSR count). The van der Waals surface area contributed by atoms with Gasteiger partial charge in [0.05, 0.1) is 7.11 Å². The van der Waals surface area contributed by atoms with Crippen molar-refractivity contribution < 1.29 is 14.3 Å². The zero-order valence-corrected chi connectivity index (χ0v) is 11.1. The maximum Gasteiger partial charge on any atom is 0.325 e. The summed E-state index contributed by atoms with van der Waals surface area (Å²) in [7, 11) is 1.33. The number of nitrogens with zero attached hydrogens (tertiary/aromatic N) is 1. The molecule has 0 saturated heterocycles. The minimum Gasteiger partial charge on any atom is -0.468 e. The molecule has 5 nitrogen and oxygen atoms in total. The maximum absolute atomic E-state index is 11.9. The molecule has 0 unspecified atom stereocenters. The molecular weight excluding hydrogens is 220 g/mol. The third-order valence-corrected chi connectivity index (χ3v) is 2.57. The summed E-state index contributed by atoms with van der Waals surface area (Å²) in [4.78, 5) is 24.6. The summed E-state index contributed by atoms with van der Waals surface area (Å²) in [5.74, 6) is -0.378. The monoisotopic (exact) mass is 244 g/mol. The van der Waals surface area contributed by atoms with Crippen LogP contribution in [0.5, 0.6) is 0 Å². The number of carbonyl (C=O) groups is 2. The highest BCUT2D eigenvalue weighted by molar-refractivity contribution is 5.82. The van der Waals surface area contributed by atoms with Crippen LogP contribution in [0.15, 0.2) is 0 Å². The van der Waals surface area contributed by atoms with E-state index in [1.54, 1.807) is 4.90 Å². The van der Waals surface area contributed by atoms with Gasteiger partial charge in [-0.2, -0.15) is 0 Å². The Morgan fingerprint density at radius 2 is 1.88 bits per heavy atom. The van der Waals surface area contributed by atoms with Crippen LogP contribution in [0.3, 0.4) is 0 Å². The van der Waals surface area contributed by atoms with Gasteiger partial charge in [-0.15, -0.1) is 0 Å². The van der Waals surface area contributed by atoms with Crippen molar-refractivity contribution in [2.24, 2.45) is 5.73 Å². The fraction of sp³-hybridized carbons (Fsp3) is 0.833. The summed E-state index contributed by atoms with van der Waals surface area (Å²) < 4.78 is 4.57. The van der Waals surface area contributed by atoms with Gasteiger partial charge in [0, 0.05) is 12.5 Å². The van der Waals surface area contributed by atoms with Crippen molar-refractivity contribution >= 4 is 11.9 Å². The van der Waals surface area contributed by atoms with Crippen LogP contribution in [-0.4, -0.2) is 43.0 Å². The number of amides is 1. The lowest BCUT2D eigenvalue weighted by atomic mass is 10.1. The van der Waals surface area contributed by atoms with Gasteiger partial charge in [-0.05, 0) is 33.2 Å². The van der Waals surface area contributed by atoms with Crippen LogP contribution in [0.25, 0.3) is 0 Å². The number of unbranched alkanes of at least 4 members (excludes halogenated alkanes) is 2. The second-order valence-electron chi connectivity index (χ2n) is 4.29. The highest BCUT2D eigenvalue weighted by Gasteiger charge is 2.19. The van der Waals surface area contributed by atoms with Gasteiger partial charge in [0.25, 0.3) is 0 Å². The van der Waals surface area contributed by atoms with E-state index in [-0.39, 0.29) is 24.5 Å². The summed E-state index contributed by atoms with van der Waals surface area (Å²) in [6, 6.07) is 0.0103. The summed E-state index contributed by atoms with van der Waals surface area (Å²) in [5.41, 5.74) is 5.38. The maximum atomic E-state index is 11.9. The normalized spacial score (nSPS) is 10.4. The standard InChI is InChI=1S/C12H24N2O3/c1-10(2)14(9-12(16)17-3)11(15)7-5-4-6-8-13/h10H,4-9,13H2,1-3H3. The zero-order chi connectivity index (χ0) is 13.3. The molecule has 0 radical (unpaired) electrons.